The number of amides is 1. The number of hydrogen-bond donors (Lipinski definition) is 1. The highest BCUT2D eigenvalue weighted by Crippen LogP contribution is 2.12. The maximum Gasteiger partial charge on any atom is 0.289 e. The topological polar surface area (TPSA) is 64.7 Å². The summed E-state index contributed by atoms with van der Waals surface area (Å²) >= 11 is 0. The Morgan fingerprint density at radius 1 is 1.36 bits per heavy atom. The summed E-state index contributed by atoms with van der Waals surface area (Å²) in [6.45, 7) is 0. The van der Waals surface area contributed by atoms with E-state index in [9.17, 15) is 4.79 Å². The number of aliphatic imine (C=N–C) groups is 1. The van der Waals surface area contributed by atoms with Gasteiger partial charge in [-0.15, -0.1) is 0 Å². The highest BCUT2D eigenvalue weighted by molar-refractivity contribution is 5.91. The van der Waals surface area contributed by atoms with E-state index >= 15 is 0 Å². The second kappa shape index (κ2) is 3.49. The van der Waals surface area contributed by atoms with E-state index in [1.807, 2.05) is 12.1 Å². The van der Waals surface area contributed by atoms with Crippen LogP contribution < -0.4 is 5.73 Å². The van der Waals surface area contributed by atoms with Gasteiger partial charge in [-0.2, -0.15) is 4.99 Å². The van der Waals surface area contributed by atoms with Crippen LogP contribution in [0.15, 0.2) is 29.3 Å². The molecular formula is C10H10N2O2. The van der Waals surface area contributed by atoms with E-state index in [4.69, 9.17) is 10.5 Å². The first-order valence-electron chi connectivity index (χ1n) is 4.32. The Balaban J connectivity index is 2.04. The lowest BCUT2D eigenvalue weighted by Crippen LogP contribution is -2.19. The zero-order valence-corrected chi connectivity index (χ0v) is 7.51. The summed E-state index contributed by atoms with van der Waals surface area (Å²) in [5.74, 6) is -0.221. The molecule has 2 rings (SSSR count). The van der Waals surface area contributed by atoms with Crippen molar-refractivity contribution in [3.05, 3.63) is 29.8 Å². The maximum absolute atomic E-state index is 11.1. The summed E-state index contributed by atoms with van der Waals surface area (Å²) in [6.07, 6.45) is 1.28. The highest BCUT2D eigenvalue weighted by atomic mass is 16.5. The van der Waals surface area contributed by atoms with Gasteiger partial charge in [0, 0.05) is 12.1 Å². The van der Waals surface area contributed by atoms with Gasteiger partial charge in [0.15, 0.2) is 12.5 Å². The summed E-state index contributed by atoms with van der Waals surface area (Å²) in [5.41, 5.74) is 7.27. The molecule has 0 saturated carbocycles. The third-order valence-corrected chi connectivity index (χ3v) is 2.08. The number of hydrogen-bond acceptors (Lipinski definition) is 3. The van der Waals surface area contributed by atoms with E-state index < -0.39 is 6.10 Å². The third kappa shape index (κ3) is 1.74. The van der Waals surface area contributed by atoms with Crippen molar-refractivity contribution in [1.29, 1.82) is 0 Å². The van der Waals surface area contributed by atoms with Gasteiger partial charge in [0.25, 0.3) is 5.91 Å². The van der Waals surface area contributed by atoms with E-state index in [1.54, 1.807) is 12.1 Å². The van der Waals surface area contributed by atoms with Crippen LogP contribution in [-0.2, 0) is 16.0 Å². The highest BCUT2D eigenvalue weighted by Gasteiger charge is 2.22. The molecule has 0 spiro atoms. The number of carbonyl (C=O) groups excluding carboxylic acids is 1. The summed E-state index contributed by atoms with van der Waals surface area (Å²) in [5, 5.41) is 0. The molecule has 0 radical (unpaired) electrons. The summed E-state index contributed by atoms with van der Waals surface area (Å²) in [4.78, 5) is 14.6. The van der Waals surface area contributed by atoms with Crippen LogP contribution in [0.1, 0.15) is 5.56 Å². The van der Waals surface area contributed by atoms with Gasteiger partial charge in [0.1, 0.15) is 0 Å². The first-order valence-corrected chi connectivity index (χ1v) is 4.32. The molecule has 1 aliphatic heterocycles. The minimum Gasteiger partial charge on any atom is -0.470 e. The standard InChI is InChI=1S/C10H10N2O2/c11-8-3-1-7(2-4-8)5-9-10(13)12-6-14-9/h1-4,6,9H,5,11H2. The average Bonchev–Trinajstić information content (AvgIpc) is 2.56. The lowest BCUT2D eigenvalue weighted by atomic mass is 10.1. The molecule has 72 valence electrons. The fraction of sp³-hybridized carbons (Fsp3) is 0.200. The first-order chi connectivity index (χ1) is 6.75. The third-order valence-electron chi connectivity index (χ3n) is 2.08. The van der Waals surface area contributed by atoms with Crippen LogP contribution in [0.5, 0.6) is 0 Å². The number of carbonyl (C=O) groups is 1. The van der Waals surface area contributed by atoms with Crippen LogP contribution in [0.4, 0.5) is 5.69 Å². The number of nitrogens with zero attached hydrogens (tertiary/aromatic N) is 1. The summed E-state index contributed by atoms with van der Waals surface area (Å²) in [6, 6.07) is 7.36. The summed E-state index contributed by atoms with van der Waals surface area (Å²) < 4.78 is 5.03. The van der Waals surface area contributed by atoms with Crippen LogP contribution in [0.3, 0.4) is 0 Å². The van der Waals surface area contributed by atoms with Crippen LogP contribution in [0, 0.1) is 0 Å². The van der Waals surface area contributed by atoms with Gasteiger partial charge < -0.3 is 10.5 Å². The predicted molar refractivity (Wildman–Crippen MR) is 52.9 cm³/mol. The molecule has 0 aliphatic carbocycles. The number of nitrogens with two attached hydrogens (primary N) is 1. The van der Waals surface area contributed by atoms with Gasteiger partial charge >= 0.3 is 0 Å². The first kappa shape index (κ1) is 8.74. The van der Waals surface area contributed by atoms with Crippen LogP contribution >= 0.6 is 0 Å². The van der Waals surface area contributed by atoms with Crippen LogP contribution in [-0.4, -0.2) is 18.4 Å². The minimum absolute atomic E-state index is 0.221. The molecule has 1 aromatic carbocycles. The summed E-state index contributed by atoms with van der Waals surface area (Å²) in [7, 11) is 0. The van der Waals surface area contributed by atoms with Crippen molar-refractivity contribution in [2.45, 2.75) is 12.5 Å². The van der Waals surface area contributed by atoms with Crippen LogP contribution in [0.25, 0.3) is 0 Å². The Morgan fingerprint density at radius 3 is 2.64 bits per heavy atom. The molecule has 0 bridgehead atoms. The molecule has 0 aromatic heterocycles. The van der Waals surface area contributed by atoms with Crippen molar-refractivity contribution in [1.82, 2.24) is 0 Å². The van der Waals surface area contributed by atoms with Gasteiger partial charge in [-0.1, -0.05) is 12.1 Å². The Bertz CT molecular complexity index is 370. The normalized spacial score (nSPS) is 19.7. The van der Waals surface area contributed by atoms with Gasteiger partial charge in [-0.05, 0) is 17.7 Å². The molecule has 2 N–H and O–H groups in total. The SMILES string of the molecule is Nc1ccc(CC2OC=NC2=O)cc1. The number of anilines is 1. The minimum atomic E-state index is -0.460. The van der Waals surface area contributed by atoms with Crippen molar-refractivity contribution in [3.8, 4) is 0 Å². The van der Waals surface area contributed by atoms with Crippen molar-refractivity contribution in [3.63, 3.8) is 0 Å². The molecule has 1 atom stereocenters. The molecule has 1 aromatic rings. The van der Waals surface area contributed by atoms with Gasteiger partial charge in [0.2, 0.25) is 0 Å². The molecule has 1 amide bonds. The molecule has 4 nitrogen and oxygen atoms in total. The lowest BCUT2D eigenvalue weighted by molar-refractivity contribution is -0.122. The number of ether oxygens (including phenoxy) is 1. The molecular weight excluding hydrogens is 180 g/mol. The molecule has 1 aliphatic rings. The molecule has 0 saturated heterocycles. The smallest absolute Gasteiger partial charge is 0.289 e. The molecule has 14 heavy (non-hydrogen) atoms. The number of nitrogen functional groups attached to an aromatic ring is 1. The maximum atomic E-state index is 11.1. The fourth-order valence-corrected chi connectivity index (χ4v) is 1.30. The Labute approximate surface area is 81.4 Å². The quantitative estimate of drug-likeness (QED) is 0.700. The van der Waals surface area contributed by atoms with E-state index in [-0.39, 0.29) is 5.91 Å². The van der Waals surface area contributed by atoms with Crippen molar-refractivity contribution in [2.24, 2.45) is 4.99 Å². The van der Waals surface area contributed by atoms with E-state index in [2.05, 4.69) is 4.99 Å². The zero-order valence-electron chi connectivity index (χ0n) is 7.51. The van der Waals surface area contributed by atoms with Gasteiger partial charge in [-0.3, -0.25) is 4.79 Å². The lowest BCUT2D eigenvalue weighted by Gasteiger charge is -2.06. The number of rotatable bonds is 2. The van der Waals surface area contributed by atoms with E-state index in [0.29, 0.717) is 12.1 Å². The van der Waals surface area contributed by atoms with Crippen molar-refractivity contribution >= 4 is 18.0 Å². The molecule has 4 heteroatoms. The number of benzene rings is 1. The molecule has 1 unspecified atom stereocenters. The van der Waals surface area contributed by atoms with Crippen LogP contribution in [0.2, 0.25) is 0 Å². The Hall–Kier alpha value is -1.84. The largest absolute Gasteiger partial charge is 0.470 e. The van der Waals surface area contributed by atoms with Gasteiger partial charge in [-0.25, -0.2) is 0 Å². The van der Waals surface area contributed by atoms with Crippen molar-refractivity contribution in [2.75, 3.05) is 5.73 Å². The van der Waals surface area contributed by atoms with E-state index in [1.165, 1.54) is 6.40 Å². The molecule has 1 heterocycles. The zero-order chi connectivity index (χ0) is 9.97. The second-order valence-corrected chi connectivity index (χ2v) is 3.14. The Morgan fingerprint density at radius 2 is 2.07 bits per heavy atom. The second-order valence-electron chi connectivity index (χ2n) is 3.14. The van der Waals surface area contributed by atoms with Gasteiger partial charge in [0.05, 0.1) is 0 Å². The van der Waals surface area contributed by atoms with Crippen molar-refractivity contribution < 1.29 is 9.53 Å². The van der Waals surface area contributed by atoms with E-state index in [0.717, 1.165) is 5.56 Å². The monoisotopic (exact) mass is 190 g/mol. The molecule has 0 fully saturated rings. The predicted octanol–water partition coefficient (Wildman–Crippen LogP) is 0.765. The average molecular weight is 190 g/mol. The fourth-order valence-electron chi connectivity index (χ4n) is 1.30. The Kier molecular flexibility index (Phi) is 2.18.